The first kappa shape index (κ1) is 11.7. The van der Waals surface area contributed by atoms with E-state index in [2.05, 4.69) is 15.8 Å². The van der Waals surface area contributed by atoms with Crippen LogP contribution in [0, 0.1) is 5.41 Å². The van der Waals surface area contributed by atoms with Crippen LogP contribution in [0.1, 0.15) is 0 Å². The molecule has 0 aliphatic heterocycles. The van der Waals surface area contributed by atoms with Crippen LogP contribution in [0.25, 0.3) is 27.8 Å². The minimum atomic E-state index is -0.269. The molecule has 0 unspecified atom stereocenters. The van der Waals surface area contributed by atoms with Crippen molar-refractivity contribution in [2.24, 2.45) is 7.05 Å². The van der Waals surface area contributed by atoms with Crippen molar-refractivity contribution < 1.29 is 4.57 Å². The first-order chi connectivity index (χ1) is 10.2. The number of fused-ring (bicyclic) bond motifs is 4. The molecular weight excluding hydrogens is 266 g/mol. The van der Waals surface area contributed by atoms with Crippen LogP contribution in [0.5, 0.6) is 0 Å². The summed E-state index contributed by atoms with van der Waals surface area (Å²) in [6, 6.07) is 7.46. The van der Waals surface area contributed by atoms with Gasteiger partial charge in [-0.05, 0) is 18.0 Å². The second kappa shape index (κ2) is 3.94. The van der Waals surface area contributed by atoms with E-state index in [0.29, 0.717) is 22.3 Å². The Hall–Kier alpha value is -3.11. The van der Waals surface area contributed by atoms with E-state index in [9.17, 15) is 4.79 Å². The second-order valence-electron chi connectivity index (χ2n) is 4.82. The summed E-state index contributed by atoms with van der Waals surface area (Å²) in [6.45, 7) is 0. The zero-order valence-corrected chi connectivity index (χ0v) is 11.2. The van der Waals surface area contributed by atoms with E-state index in [4.69, 9.17) is 5.41 Å². The Morgan fingerprint density at radius 3 is 2.67 bits per heavy atom. The normalized spacial score (nSPS) is 11.3. The maximum absolute atomic E-state index is 12.5. The van der Waals surface area contributed by atoms with E-state index in [1.165, 1.54) is 0 Å². The first-order valence-electron chi connectivity index (χ1n) is 6.39. The summed E-state index contributed by atoms with van der Waals surface area (Å²) in [4.78, 5) is 21.6. The zero-order chi connectivity index (χ0) is 14.6. The first-order valence-corrected chi connectivity index (χ1v) is 6.39. The van der Waals surface area contributed by atoms with Gasteiger partial charge in [-0.3, -0.25) is 10.2 Å². The molecule has 0 fully saturated rings. The number of nitrogens with one attached hydrogen (secondary N) is 1. The van der Waals surface area contributed by atoms with E-state index in [1.54, 1.807) is 28.4 Å². The molecule has 0 radical (unpaired) electrons. The summed E-state index contributed by atoms with van der Waals surface area (Å²) in [5.41, 5.74) is 2.57. The summed E-state index contributed by atoms with van der Waals surface area (Å²) in [7, 11) is 1.78. The Morgan fingerprint density at radius 2 is 1.95 bits per heavy atom. The fourth-order valence-corrected chi connectivity index (χ4v) is 2.58. The Labute approximate surface area is 118 Å². The molecule has 6 nitrogen and oxygen atoms in total. The predicted molar refractivity (Wildman–Crippen MR) is 77.5 cm³/mol. The van der Waals surface area contributed by atoms with Gasteiger partial charge in [-0.15, -0.1) is 0 Å². The molecule has 3 aromatic heterocycles. The lowest BCUT2D eigenvalue weighted by atomic mass is 10.2. The van der Waals surface area contributed by atoms with Crippen LogP contribution in [-0.2, 0) is 7.05 Å². The van der Waals surface area contributed by atoms with E-state index in [-0.39, 0.29) is 10.6 Å². The molecule has 100 valence electrons. The van der Waals surface area contributed by atoms with Gasteiger partial charge in [-0.1, -0.05) is 12.1 Å². The summed E-state index contributed by atoms with van der Waals surface area (Å²) in [5, 5.41) is 7.58. The Morgan fingerprint density at radius 1 is 1.24 bits per heavy atom. The van der Waals surface area contributed by atoms with Crippen molar-refractivity contribution in [2.45, 2.75) is 0 Å². The highest BCUT2D eigenvalue weighted by atomic mass is 16.1. The third-order valence-corrected chi connectivity index (χ3v) is 3.57. The monoisotopic (exact) mass is 276 g/mol. The zero-order valence-electron chi connectivity index (χ0n) is 11.2. The molecular formula is C15H10N5O+. The van der Waals surface area contributed by atoms with Gasteiger partial charge in [0, 0.05) is 0 Å². The molecule has 0 amide bonds. The number of hydrogen-bond acceptors (Lipinski definition) is 4. The summed E-state index contributed by atoms with van der Waals surface area (Å²) in [5.74, 6) is 2.22. The summed E-state index contributed by atoms with van der Waals surface area (Å²) >= 11 is 0. The molecule has 0 atom stereocenters. The molecule has 0 saturated carbocycles. The Bertz CT molecular complexity index is 1170. The second-order valence-corrected chi connectivity index (χ2v) is 4.82. The largest absolute Gasteiger partial charge is 0.337 e. The van der Waals surface area contributed by atoms with Gasteiger partial charge in [0.15, 0.2) is 5.52 Å². The van der Waals surface area contributed by atoms with Gasteiger partial charge in [0.25, 0.3) is 11.1 Å². The number of hydrogen-bond donors (Lipinski definition) is 1. The molecule has 0 aliphatic carbocycles. The van der Waals surface area contributed by atoms with E-state index in [0.717, 1.165) is 5.52 Å². The van der Waals surface area contributed by atoms with E-state index in [1.807, 2.05) is 24.3 Å². The molecule has 21 heavy (non-hydrogen) atoms. The molecule has 0 saturated heterocycles. The van der Waals surface area contributed by atoms with E-state index >= 15 is 0 Å². The average molecular weight is 276 g/mol. The van der Waals surface area contributed by atoms with Crippen LogP contribution >= 0.6 is 0 Å². The van der Waals surface area contributed by atoms with Gasteiger partial charge in [0.1, 0.15) is 17.6 Å². The van der Waals surface area contributed by atoms with Gasteiger partial charge in [-0.25, -0.2) is 14.5 Å². The quantitative estimate of drug-likeness (QED) is 0.276. The van der Waals surface area contributed by atoms with Crippen molar-refractivity contribution in [3.8, 4) is 0 Å². The molecule has 1 aromatic carbocycles. The maximum Gasteiger partial charge on any atom is 0.337 e. The minimum absolute atomic E-state index is 0.144. The number of para-hydroxylation sites is 2. The highest BCUT2D eigenvalue weighted by Gasteiger charge is 2.20. The van der Waals surface area contributed by atoms with E-state index < -0.39 is 0 Å². The third kappa shape index (κ3) is 1.45. The molecule has 0 aliphatic rings. The van der Waals surface area contributed by atoms with Crippen molar-refractivity contribution in [3.63, 3.8) is 0 Å². The Kier molecular flexibility index (Phi) is 2.20. The van der Waals surface area contributed by atoms with Gasteiger partial charge in [0.2, 0.25) is 0 Å². The van der Waals surface area contributed by atoms with Gasteiger partial charge >= 0.3 is 5.65 Å². The Balaban J connectivity index is 2.46. The van der Waals surface area contributed by atoms with Crippen LogP contribution in [0.2, 0.25) is 0 Å². The third-order valence-electron chi connectivity index (χ3n) is 3.57. The number of rotatable bonds is 0. The summed E-state index contributed by atoms with van der Waals surface area (Å²) in [6.07, 6.45) is 3.55. The summed E-state index contributed by atoms with van der Waals surface area (Å²) < 4.78 is 3.41. The molecule has 3 heterocycles. The number of pyridine rings is 1. The molecule has 0 bridgehead atoms. The van der Waals surface area contributed by atoms with Crippen molar-refractivity contribution in [2.75, 3.05) is 0 Å². The molecule has 4 aromatic rings. The standard InChI is InChI=1S/C15H10N5O/c1-19-6-7-20-14-12(9(8-16)13(21)15(19)20)17-10-4-2-3-5-11(10)18-14/h2-7,16H,1H3/q+1. The van der Waals surface area contributed by atoms with Gasteiger partial charge < -0.3 is 0 Å². The SMILES string of the molecule is C[n+]1ccn2c3nc4ccccc4nc3c(=C=N)c(=O)c21. The van der Waals surface area contributed by atoms with Gasteiger partial charge in [0.05, 0.1) is 18.1 Å². The highest BCUT2D eigenvalue weighted by Crippen LogP contribution is 2.12. The minimum Gasteiger partial charge on any atom is -0.279 e. The fourth-order valence-electron chi connectivity index (χ4n) is 2.58. The van der Waals surface area contributed by atoms with Gasteiger partial charge in [-0.2, -0.15) is 4.40 Å². The maximum atomic E-state index is 12.5. The molecule has 0 spiro atoms. The molecule has 1 N–H and O–H groups in total. The topological polar surface area (TPSA) is 75.0 Å². The van der Waals surface area contributed by atoms with Crippen LogP contribution in [-0.4, -0.2) is 20.2 Å². The number of aryl methyl sites for hydroxylation is 1. The predicted octanol–water partition coefficient (Wildman–Crippen LogP) is -0.141. The number of imidazole rings is 1. The van der Waals surface area contributed by atoms with Crippen molar-refractivity contribution in [1.29, 1.82) is 5.41 Å². The lowest BCUT2D eigenvalue weighted by Gasteiger charge is -1.99. The lowest BCUT2D eigenvalue weighted by Crippen LogP contribution is -2.39. The fraction of sp³-hybridized carbons (Fsp3) is 0.0667. The van der Waals surface area contributed by atoms with Crippen LogP contribution in [0.3, 0.4) is 0 Å². The van der Waals surface area contributed by atoms with Crippen LogP contribution in [0.4, 0.5) is 0 Å². The smallest absolute Gasteiger partial charge is 0.279 e. The highest BCUT2D eigenvalue weighted by molar-refractivity contribution is 5.87. The lowest BCUT2D eigenvalue weighted by molar-refractivity contribution is -0.644. The number of nitrogens with zero attached hydrogens (tertiary/aromatic N) is 4. The van der Waals surface area contributed by atoms with Crippen molar-refractivity contribution in [1.82, 2.24) is 14.4 Å². The number of benzene rings is 1. The molecule has 6 heteroatoms. The number of aromatic nitrogens is 4. The van der Waals surface area contributed by atoms with Crippen molar-refractivity contribution >= 4 is 33.7 Å². The molecule has 4 rings (SSSR count). The average Bonchev–Trinajstić information content (AvgIpc) is 2.89. The van der Waals surface area contributed by atoms with Crippen LogP contribution in [0.15, 0.2) is 41.5 Å². The van der Waals surface area contributed by atoms with Crippen molar-refractivity contribution in [3.05, 3.63) is 52.1 Å². The van der Waals surface area contributed by atoms with Crippen LogP contribution < -0.4 is 15.2 Å².